The summed E-state index contributed by atoms with van der Waals surface area (Å²) >= 11 is 2.24. The summed E-state index contributed by atoms with van der Waals surface area (Å²) in [7, 11) is 0. The van der Waals surface area contributed by atoms with Gasteiger partial charge in [-0.3, -0.25) is 0 Å². The van der Waals surface area contributed by atoms with Crippen LogP contribution in [0.5, 0.6) is 0 Å². The normalized spacial score (nSPS) is 9.42. The van der Waals surface area contributed by atoms with Gasteiger partial charge in [-0.15, -0.1) is 0 Å². The van der Waals surface area contributed by atoms with Crippen molar-refractivity contribution in [3.05, 3.63) is 32.9 Å². The van der Waals surface area contributed by atoms with Gasteiger partial charge < -0.3 is 5.73 Å². The second-order valence-corrected chi connectivity index (χ2v) is 3.63. The van der Waals surface area contributed by atoms with Crippen molar-refractivity contribution in [2.45, 2.75) is 13.0 Å². The lowest BCUT2D eigenvalue weighted by Gasteiger charge is -2.02. The van der Waals surface area contributed by atoms with E-state index in [0.717, 1.165) is 14.7 Å². The van der Waals surface area contributed by atoms with Gasteiger partial charge in [0.2, 0.25) is 0 Å². The number of nitrogens with two attached hydrogens (primary N) is 1. The van der Waals surface area contributed by atoms with E-state index in [0.29, 0.717) is 13.0 Å². The van der Waals surface area contributed by atoms with Gasteiger partial charge in [0.25, 0.3) is 0 Å². The van der Waals surface area contributed by atoms with Gasteiger partial charge in [-0.2, -0.15) is 5.26 Å². The highest BCUT2D eigenvalue weighted by Crippen LogP contribution is 2.13. The van der Waals surface area contributed by atoms with Crippen molar-refractivity contribution in [3.8, 4) is 6.07 Å². The third-order valence-corrected chi connectivity index (χ3v) is 2.67. The van der Waals surface area contributed by atoms with Crippen molar-refractivity contribution in [1.29, 1.82) is 5.26 Å². The summed E-state index contributed by atoms with van der Waals surface area (Å²) in [5, 5.41) is 8.47. The molecule has 0 saturated heterocycles. The molecule has 0 unspecified atom stereocenters. The lowest BCUT2D eigenvalue weighted by molar-refractivity contribution is 1.05. The Balaban J connectivity index is 2.98. The Bertz CT molecular complexity index is 315. The average Bonchev–Trinajstić information content (AvgIpc) is 2.09. The molecule has 0 spiro atoms. The van der Waals surface area contributed by atoms with Gasteiger partial charge in [0, 0.05) is 10.1 Å². The molecule has 2 nitrogen and oxygen atoms in total. The summed E-state index contributed by atoms with van der Waals surface area (Å²) in [6.07, 6.45) is 0.462. The van der Waals surface area contributed by atoms with Crippen LogP contribution >= 0.6 is 22.6 Å². The van der Waals surface area contributed by atoms with E-state index in [-0.39, 0.29) is 0 Å². The molecule has 0 saturated carbocycles. The van der Waals surface area contributed by atoms with E-state index in [2.05, 4.69) is 28.7 Å². The largest absolute Gasteiger partial charge is 0.326 e. The van der Waals surface area contributed by atoms with Gasteiger partial charge in [0.15, 0.2) is 0 Å². The van der Waals surface area contributed by atoms with Gasteiger partial charge in [-0.1, -0.05) is 12.1 Å². The first kappa shape index (κ1) is 9.49. The first-order valence-electron chi connectivity index (χ1n) is 3.62. The van der Waals surface area contributed by atoms with Gasteiger partial charge in [-0.05, 0) is 39.8 Å². The van der Waals surface area contributed by atoms with Crippen LogP contribution in [0.3, 0.4) is 0 Å². The molecular formula is C9H9IN2. The van der Waals surface area contributed by atoms with Crippen LogP contribution in [0.1, 0.15) is 11.1 Å². The van der Waals surface area contributed by atoms with Gasteiger partial charge >= 0.3 is 0 Å². The van der Waals surface area contributed by atoms with E-state index in [1.807, 2.05) is 18.2 Å². The molecule has 0 aromatic heterocycles. The number of benzene rings is 1. The fourth-order valence-electron chi connectivity index (χ4n) is 0.986. The highest BCUT2D eigenvalue weighted by Gasteiger charge is 1.98. The zero-order chi connectivity index (χ0) is 8.97. The number of halogens is 1. The van der Waals surface area contributed by atoms with Crippen molar-refractivity contribution in [2.75, 3.05) is 0 Å². The van der Waals surface area contributed by atoms with Crippen LogP contribution in [-0.4, -0.2) is 0 Å². The van der Waals surface area contributed by atoms with E-state index in [4.69, 9.17) is 11.0 Å². The molecule has 62 valence electrons. The van der Waals surface area contributed by atoms with Crippen LogP contribution in [0.25, 0.3) is 0 Å². The van der Waals surface area contributed by atoms with Crippen LogP contribution in [0.2, 0.25) is 0 Å². The van der Waals surface area contributed by atoms with Crippen molar-refractivity contribution in [1.82, 2.24) is 0 Å². The zero-order valence-electron chi connectivity index (χ0n) is 6.55. The second kappa shape index (κ2) is 4.43. The molecule has 1 aromatic carbocycles. The highest BCUT2D eigenvalue weighted by molar-refractivity contribution is 14.1. The molecule has 0 radical (unpaired) electrons. The Labute approximate surface area is 85.5 Å². The lowest BCUT2D eigenvalue weighted by atomic mass is 10.1. The van der Waals surface area contributed by atoms with Crippen LogP contribution in [0, 0.1) is 14.9 Å². The summed E-state index contributed by atoms with van der Waals surface area (Å²) < 4.78 is 1.16. The maximum Gasteiger partial charge on any atom is 0.0669 e. The summed E-state index contributed by atoms with van der Waals surface area (Å²) in [6.45, 7) is 0.539. The minimum Gasteiger partial charge on any atom is -0.326 e. The van der Waals surface area contributed by atoms with Crippen molar-refractivity contribution in [3.63, 3.8) is 0 Å². The first-order valence-corrected chi connectivity index (χ1v) is 4.70. The minimum atomic E-state index is 0.462. The average molecular weight is 272 g/mol. The SMILES string of the molecule is N#CCc1ccc(I)c(CN)c1. The molecule has 0 aliphatic heterocycles. The third kappa shape index (κ3) is 2.19. The van der Waals surface area contributed by atoms with Crippen LogP contribution < -0.4 is 5.73 Å². The summed E-state index contributed by atoms with van der Waals surface area (Å²) in [6, 6.07) is 8.06. The number of nitriles is 1. The van der Waals surface area contributed by atoms with Crippen LogP contribution in [0.15, 0.2) is 18.2 Å². The van der Waals surface area contributed by atoms with Crippen LogP contribution in [0.4, 0.5) is 0 Å². The lowest BCUT2D eigenvalue weighted by Crippen LogP contribution is -1.99. The van der Waals surface area contributed by atoms with Crippen molar-refractivity contribution >= 4 is 22.6 Å². The molecule has 3 heteroatoms. The van der Waals surface area contributed by atoms with E-state index < -0.39 is 0 Å². The summed E-state index contributed by atoms with van der Waals surface area (Å²) in [5.74, 6) is 0. The molecule has 1 rings (SSSR count). The molecule has 0 heterocycles. The Hall–Kier alpha value is -0.600. The fraction of sp³-hybridized carbons (Fsp3) is 0.222. The standard InChI is InChI=1S/C9H9IN2/c10-9-2-1-7(3-4-11)5-8(9)6-12/h1-2,5H,3,6,12H2. The maximum absolute atomic E-state index is 8.47. The van der Waals surface area contributed by atoms with Gasteiger partial charge in [0.05, 0.1) is 12.5 Å². The number of nitrogens with zero attached hydrogens (tertiary/aromatic N) is 1. The Morgan fingerprint density at radius 2 is 2.25 bits per heavy atom. The number of rotatable bonds is 2. The molecule has 0 aliphatic carbocycles. The van der Waals surface area contributed by atoms with Gasteiger partial charge in [0.1, 0.15) is 0 Å². The molecule has 0 atom stereocenters. The second-order valence-electron chi connectivity index (χ2n) is 2.46. The summed E-state index contributed by atoms with van der Waals surface area (Å²) in [4.78, 5) is 0. The van der Waals surface area contributed by atoms with Crippen molar-refractivity contribution < 1.29 is 0 Å². The predicted octanol–water partition coefficient (Wildman–Crippen LogP) is 1.82. The molecule has 0 bridgehead atoms. The third-order valence-electron chi connectivity index (χ3n) is 1.61. The molecule has 0 fully saturated rings. The molecule has 12 heavy (non-hydrogen) atoms. The quantitative estimate of drug-likeness (QED) is 0.835. The van der Waals surface area contributed by atoms with E-state index in [1.54, 1.807) is 0 Å². The molecule has 1 aromatic rings. The summed E-state index contributed by atoms with van der Waals surface area (Å²) in [5.41, 5.74) is 7.68. The predicted molar refractivity (Wildman–Crippen MR) is 56.4 cm³/mol. The first-order chi connectivity index (χ1) is 5.77. The fourth-order valence-corrected chi connectivity index (χ4v) is 1.54. The highest BCUT2D eigenvalue weighted by atomic mass is 127. The van der Waals surface area contributed by atoms with Gasteiger partial charge in [-0.25, -0.2) is 0 Å². The van der Waals surface area contributed by atoms with Crippen LogP contribution in [-0.2, 0) is 13.0 Å². The molecule has 2 N–H and O–H groups in total. The molecule has 0 amide bonds. The molecular weight excluding hydrogens is 263 g/mol. The van der Waals surface area contributed by atoms with E-state index >= 15 is 0 Å². The monoisotopic (exact) mass is 272 g/mol. The minimum absolute atomic E-state index is 0.462. The Kier molecular flexibility index (Phi) is 3.50. The number of hydrogen-bond donors (Lipinski definition) is 1. The smallest absolute Gasteiger partial charge is 0.0669 e. The van der Waals surface area contributed by atoms with E-state index in [1.165, 1.54) is 0 Å². The Morgan fingerprint density at radius 1 is 1.50 bits per heavy atom. The topological polar surface area (TPSA) is 49.8 Å². The van der Waals surface area contributed by atoms with Crippen molar-refractivity contribution in [2.24, 2.45) is 5.73 Å². The van der Waals surface area contributed by atoms with E-state index in [9.17, 15) is 0 Å². The number of hydrogen-bond acceptors (Lipinski definition) is 2. The molecule has 0 aliphatic rings. The zero-order valence-corrected chi connectivity index (χ0v) is 8.71. The Morgan fingerprint density at radius 3 is 2.83 bits per heavy atom. The maximum atomic E-state index is 8.47.